The number of likely N-dealkylation sites (tertiary alicyclic amines) is 1. The number of carbonyl (C=O) groups is 2. The summed E-state index contributed by atoms with van der Waals surface area (Å²) >= 11 is 1.44. The first-order valence-corrected chi connectivity index (χ1v) is 7.06. The second kappa shape index (κ2) is 5.10. The van der Waals surface area contributed by atoms with Crippen LogP contribution < -0.4 is 5.32 Å². The summed E-state index contributed by atoms with van der Waals surface area (Å²) in [6.45, 7) is 5.64. The Hall–Kier alpha value is -1.36. The highest BCUT2D eigenvalue weighted by atomic mass is 32.1. The third-order valence-corrected chi connectivity index (χ3v) is 4.24. The largest absolute Gasteiger partial charge is 0.356 e. The predicted molar refractivity (Wildman–Crippen MR) is 71.6 cm³/mol. The van der Waals surface area contributed by atoms with E-state index in [2.05, 4.69) is 5.32 Å². The van der Waals surface area contributed by atoms with Crippen molar-refractivity contribution in [2.45, 2.75) is 20.3 Å². The second-order valence-electron chi connectivity index (χ2n) is 4.87. The topological polar surface area (TPSA) is 49.4 Å². The van der Waals surface area contributed by atoms with Crippen LogP contribution >= 0.6 is 11.3 Å². The molecule has 1 aromatic rings. The zero-order valence-electron chi connectivity index (χ0n) is 10.7. The maximum Gasteiger partial charge on any atom is 0.263 e. The van der Waals surface area contributed by atoms with Gasteiger partial charge in [0.1, 0.15) is 0 Å². The summed E-state index contributed by atoms with van der Waals surface area (Å²) in [5.74, 6) is 0.0875. The molecule has 1 fully saturated rings. The molecule has 0 saturated carbocycles. The Bertz CT molecular complexity index is 444. The van der Waals surface area contributed by atoms with E-state index >= 15 is 0 Å². The number of thiophene rings is 1. The van der Waals surface area contributed by atoms with Crippen LogP contribution in [-0.2, 0) is 4.79 Å². The first-order chi connectivity index (χ1) is 8.57. The van der Waals surface area contributed by atoms with Gasteiger partial charge in [0.25, 0.3) is 5.91 Å². The maximum atomic E-state index is 12.2. The van der Waals surface area contributed by atoms with E-state index in [-0.39, 0.29) is 11.8 Å². The van der Waals surface area contributed by atoms with E-state index in [4.69, 9.17) is 0 Å². The number of amides is 2. The van der Waals surface area contributed by atoms with Gasteiger partial charge in [-0.25, -0.2) is 0 Å². The zero-order chi connectivity index (χ0) is 13.2. The second-order valence-corrected chi connectivity index (χ2v) is 5.82. The van der Waals surface area contributed by atoms with Crippen molar-refractivity contribution in [3.05, 3.63) is 22.4 Å². The number of hydrogen-bond acceptors (Lipinski definition) is 3. The molecule has 0 radical (unpaired) electrons. The van der Waals surface area contributed by atoms with Crippen molar-refractivity contribution in [3.8, 4) is 0 Å². The number of nitrogens with zero attached hydrogens (tertiary/aromatic N) is 1. The third-order valence-electron chi connectivity index (χ3n) is 3.38. The Kier molecular flexibility index (Phi) is 3.71. The highest BCUT2D eigenvalue weighted by Crippen LogP contribution is 2.31. The fraction of sp³-hybridized carbons (Fsp3) is 0.538. The summed E-state index contributed by atoms with van der Waals surface area (Å²) in [5, 5.41) is 4.74. The lowest BCUT2D eigenvalue weighted by atomic mass is 9.89. The molecule has 2 rings (SSSR count). The van der Waals surface area contributed by atoms with E-state index in [0.717, 1.165) is 11.3 Å². The van der Waals surface area contributed by atoms with Crippen LogP contribution in [0.15, 0.2) is 17.5 Å². The SMILES string of the molecule is CCNC(=O)C1(C)CCN(C(=O)c2cccs2)C1. The van der Waals surface area contributed by atoms with Gasteiger partial charge in [0.05, 0.1) is 10.3 Å². The average molecular weight is 266 g/mol. The quantitative estimate of drug-likeness (QED) is 0.906. The van der Waals surface area contributed by atoms with Gasteiger partial charge in [-0.05, 0) is 31.7 Å². The highest BCUT2D eigenvalue weighted by molar-refractivity contribution is 7.12. The normalized spacial score (nSPS) is 23.1. The molecule has 0 aliphatic carbocycles. The molecule has 1 N–H and O–H groups in total. The number of nitrogens with one attached hydrogen (secondary N) is 1. The van der Waals surface area contributed by atoms with Gasteiger partial charge in [0.15, 0.2) is 0 Å². The van der Waals surface area contributed by atoms with E-state index in [1.165, 1.54) is 11.3 Å². The monoisotopic (exact) mass is 266 g/mol. The van der Waals surface area contributed by atoms with Crippen molar-refractivity contribution in [2.24, 2.45) is 5.41 Å². The number of carbonyl (C=O) groups excluding carboxylic acids is 2. The van der Waals surface area contributed by atoms with Crippen LogP contribution in [0, 0.1) is 5.41 Å². The van der Waals surface area contributed by atoms with Crippen molar-refractivity contribution in [3.63, 3.8) is 0 Å². The van der Waals surface area contributed by atoms with Crippen molar-refractivity contribution in [2.75, 3.05) is 19.6 Å². The summed E-state index contributed by atoms with van der Waals surface area (Å²) in [6, 6.07) is 3.70. The lowest BCUT2D eigenvalue weighted by molar-refractivity contribution is -0.129. The van der Waals surface area contributed by atoms with Crippen LogP contribution in [0.3, 0.4) is 0 Å². The molecule has 4 nitrogen and oxygen atoms in total. The minimum Gasteiger partial charge on any atom is -0.356 e. The summed E-state index contributed by atoms with van der Waals surface area (Å²) in [6.07, 6.45) is 0.732. The van der Waals surface area contributed by atoms with Crippen molar-refractivity contribution < 1.29 is 9.59 Å². The van der Waals surface area contributed by atoms with Gasteiger partial charge in [0.2, 0.25) is 5.91 Å². The lowest BCUT2D eigenvalue weighted by Gasteiger charge is -2.23. The third kappa shape index (κ3) is 2.41. The van der Waals surface area contributed by atoms with Crippen LogP contribution in [0.1, 0.15) is 29.9 Å². The lowest BCUT2D eigenvalue weighted by Crippen LogP contribution is -2.41. The van der Waals surface area contributed by atoms with Crippen LogP contribution in [0.2, 0.25) is 0 Å². The molecule has 0 bridgehead atoms. The highest BCUT2D eigenvalue weighted by Gasteiger charge is 2.41. The van der Waals surface area contributed by atoms with Crippen LogP contribution in [0.4, 0.5) is 0 Å². The van der Waals surface area contributed by atoms with Gasteiger partial charge >= 0.3 is 0 Å². The molecule has 0 spiro atoms. The van der Waals surface area contributed by atoms with Crippen LogP contribution in [0.25, 0.3) is 0 Å². The molecular weight excluding hydrogens is 248 g/mol. The molecule has 1 aromatic heterocycles. The van der Waals surface area contributed by atoms with Gasteiger partial charge in [-0.1, -0.05) is 6.07 Å². The molecular formula is C13H18N2O2S. The van der Waals surface area contributed by atoms with Crippen molar-refractivity contribution in [1.82, 2.24) is 10.2 Å². The number of hydrogen-bond donors (Lipinski definition) is 1. The molecule has 18 heavy (non-hydrogen) atoms. The van der Waals surface area contributed by atoms with Crippen molar-refractivity contribution in [1.29, 1.82) is 0 Å². The summed E-state index contributed by atoms with van der Waals surface area (Å²) in [5.41, 5.74) is -0.442. The van der Waals surface area contributed by atoms with E-state index in [1.807, 2.05) is 31.4 Å². The first-order valence-electron chi connectivity index (χ1n) is 6.18. The van der Waals surface area contributed by atoms with Gasteiger partial charge in [-0.3, -0.25) is 9.59 Å². The van der Waals surface area contributed by atoms with E-state index in [9.17, 15) is 9.59 Å². The summed E-state index contributed by atoms with van der Waals surface area (Å²) < 4.78 is 0. The molecule has 2 heterocycles. The molecule has 1 unspecified atom stereocenters. The van der Waals surface area contributed by atoms with Crippen LogP contribution in [-0.4, -0.2) is 36.3 Å². The molecule has 1 aliphatic rings. The maximum absolute atomic E-state index is 12.2. The van der Waals surface area contributed by atoms with Gasteiger partial charge in [0, 0.05) is 19.6 Å². The van der Waals surface area contributed by atoms with Crippen molar-refractivity contribution >= 4 is 23.2 Å². The molecule has 98 valence electrons. The summed E-state index contributed by atoms with van der Waals surface area (Å²) in [4.78, 5) is 26.7. The molecule has 2 amide bonds. The fourth-order valence-corrected chi connectivity index (χ4v) is 2.94. The Balaban J connectivity index is 2.04. The first kappa shape index (κ1) is 13.1. The van der Waals surface area contributed by atoms with Gasteiger partial charge in [-0.2, -0.15) is 0 Å². The smallest absolute Gasteiger partial charge is 0.263 e. The predicted octanol–water partition coefficient (Wildman–Crippen LogP) is 1.74. The Morgan fingerprint density at radius 1 is 1.56 bits per heavy atom. The number of rotatable bonds is 3. The standard InChI is InChI=1S/C13H18N2O2S/c1-3-14-12(17)13(2)6-7-15(9-13)11(16)10-5-4-8-18-10/h4-5,8H,3,6-7,9H2,1-2H3,(H,14,17). The molecule has 1 aliphatic heterocycles. The fourth-order valence-electron chi connectivity index (χ4n) is 2.25. The zero-order valence-corrected chi connectivity index (χ0v) is 11.5. The Morgan fingerprint density at radius 3 is 2.94 bits per heavy atom. The van der Waals surface area contributed by atoms with Crippen LogP contribution in [0.5, 0.6) is 0 Å². The average Bonchev–Trinajstić information content (AvgIpc) is 2.98. The Morgan fingerprint density at radius 2 is 2.33 bits per heavy atom. The molecule has 5 heteroatoms. The Labute approximate surface area is 111 Å². The van der Waals surface area contributed by atoms with E-state index in [1.54, 1.807) is 4.90 Å². The minimum absolute atomic E-state index is 0.0398. The minimum atomic E-state index is -0.442. The van der Waals surface area contributed by atoms with Gasteiger partial charge in [-0.15, -0.1) is 11.3 Å². The molecule has 0 aromatic carbocycles. The summed E-state index contributed by atoms with van der Waals surface area (Å²) in [7, 11) is 0. The van der Waals surface area contributed by atoms with E-state index < -0.39 is 5.41 Å². The van der Waals surface area contributed by atoms with E-state index in [0.29, 0.717) is 19.6 Å². The molecule has 1 saturated heterocycles. The molecule has 1 atom stereocenters. The van der Waals surface area contributed by atoms with Gasteiger partial charge < -0.3 is 10.2 Å².